The van der Waals surface area contributed by atoms with Crippen LogP contribution in [-0.2, 0) is 9.53 Å². The maximum Gasteiger partial charge on any atom is 0.303 e. The highest BCUT2D eigenvalue weighted by atomic mass is 16.6. The molecule has 1 aromatic rings. The summed E-state index contributed by atoms with van der Waals surface area (Å²) >= 11 is 0. The number of ether oxygens (including phenoxy) is 1. The minimum Gasteiger partial charge on any atom is -0.460 e. The Kier molecular flexibility index (Phi) is 16.6. The van der Waals surface area contributed by atoms with Crippen LogP contribution in [0.25, 0.3) is 0 Å². The molecule has 0 aliphatic rings. The van der Waals surface area contributed by atoms with Crippen LogP contribution in [0.2, 0.25) is 0 Å². The van der Waals surface area contributed by atoms with E-state index in [0.717, 1.165) is 0 Å². The SMILES string of the molecule is C=CC.CC.CC(=O)OC(C)(C)C.Cc1ccc(C)c(C)c1. The third kappa shape index (κ3) is 20.7. The summed E-state index contributed by atoms with van der Waals surface area (Å²) in [5.74, 6) is -0.225. The second-order valence-electron chi connectivity index (χ2n) is 5.70. The lowest BCUT2D eigenvalue weighted by atomic mass is 10.1. The first kappa shape index (κ1) is 25.4. The van der Waals surface area contributed by atoms with Crippen molar-refractivity contribution in [1.29, 1.82) is 0 Å². The topological polar surface area (TPSA) is 26.3 Å². The Hall–Kier alpha value is -1.57. The van der Waals surface area contributed by atoms with E-state index in [1.165, 1.54) is 23.6 Å². The Labute approximate surface area is 138 Å². The molecular weight excluding hydrogens is 272 g/mol. The van der Waals surface area contributed by atoms with Gasteiger partial charge in [0.25, 0.3) is 0 Å². The maximum atomic E-state index is 10.2. The van der Waals surface area contributed by atoms with Gasteiger partial charge in [-0.2, -0.15) is 0 Å². The second kappa shape index (κ2) is 14.4. The van der Waals surface area contributed by atoms with Crippen LogP contribution >= 0.6 is 0 Å². The summed E-state index contributed by atoms with van der Waals surface area (Å²) in [6, 6.07) is 6.50. The number of rotatable bonds is 0. The van der Waals surface area contributed by atoms with Crippen LogP contribution in [0.15, 0.2) is 30.9 Å². The smallest absolute Gasteiger partial charge is 0.303 e. The Balaban J connectivity index is -0.000000256. The van der Waals surface area contributed by atoms with E-state index in [4.69, 9.17) is 4.74 Å². The Bertz CT molecular complexity index is 412. The molecule has 0 radical (unpaired) electrons. The summed E-state index contributed by atoms with van der Waals surface area (Å²) in [7, 11) is 0. The van der Waals surface area contributed by atoms with Gasteiger partial charge in [0.1, 0.15) is 5.60 Å². The predicted molar refractivity (Wildman–Crippen MR) is 99.4 cm³/mol. The van der Waals surface area contributed by atoms with Crippen LogP contribution in [-0.4, -0.2) is 11.6 Å². The zero-order valence-electron chi connectivity index (χ0n) is 16.3. The lowest BCUT2D eigenvalue weighted by Gasteiger charge is -2.17. The third-order valence-corrected chi connectivity index (χ3v) is 2.11. The van der Waals surface area contributed by atoms with E-state index in [2.05, 4.69) is 45.5 Å². The lowest BCUT2D eigenvalue weighted by molar-refractivity contribution is -0.151. The molecule has 1 aromatic carbocycles. The molecule has 0 heterocycles. The fourth-order valence-corrected chi connectivity index (χ4v) is 1.32. The molecule has 0 fully saturated rings. The molecule has 0 N–H and O–H groups in total. The van der Waals surface area contributed by atoms with Gasteiger partial charge in [-0.05, 0) is 59.6 Å². The molecule has 0 saturated carbocycles. The zero-order chi connectivity index (χ0) is 18.3. The molecule has 2 heteroatoms. The van der Waals surface area contributed by atoms with Crippen molar-refractivity contribution < 1.29 is 9.53 Å². The first-order valence-corrected chi connectivity index (χ1v) is 7.84. The van der Waals surface area contributed by atoms with Gasteiger partial charge in [-0.3, -0.25) is 4.79 Å². The molecule has 2 nitrogen and oxygen atoms in total. The van der Waals surface area contributed by atoms with Crippen LogP contribution in [0, 0.1) is 20.8 Å². The summed E-state index contributed by atoms with van der Waals surface area (Å²) in [6.07, 6.45) is 1.75. The number of esters is 1. The van der Waals surface area contributed by atoms with Gasteiger partial charge >= 0.3 is 5.97 Å². The van der Waals surface area contributed by atoms with Crippen molar-refractivity contribution in [2.45, 2.75) is 74.8 Å². The Morgan fingerprint density at radius 3 is 1.68 bits per heavy atom. The largest absolute Gasteiger partial charge is 0.460 e. The number of hydrogen-bond donors (Lipinski definition) is 0. The summed E-state index contributed by atoms with van der Waals surface area (Å²) in [5, 5.41) is 0. The van der Waals surface area contributed by atoms with Gasteiger partial charge in [0.15, 0.2) is 0 Å². The Morgan fingerprint density at radius 2 is 1.50 bits per heavy atom. The minimum atomic E-state index is -0.328. The number of aryl methyl sites for hydroxylation is 3. The zero-order valence-corrected chi connectivity index (χ0v) is 16.3. The fraction of sp³-hybridized carbons (Fsp3) is 0.550. The third-order valence-electron chi connectivity index (χ3n) is 2.11. The molecule has 0 aromatic heterocycles. The van der Waals surface area contributed by atoms with Crippen LogP contribution < -0.4 is 0 Å². The number of allylic oxidation sites excluding steroid dienone is 1. The number of hydrogen-bond acceptors (Lipinski definition) is 2. The second-order valence-corrected chi connectivity index (χ2v) is 5.70. The van der Waals surface area contributed by atoms with Gasteiger partial charge < -0.3 is 4.74 Å². The first-order chi connectivity index (χ1) is 10.0. The molecule has 0 aliphatic carbocycles. The fourth-order valence-electron chi connectivity index (χ4n) is 1.32. The first-order valence-electron chi connectivity index (χ1n) is 7.84. The Morgan fingerprint density at radius 1 is 1.09 bits per heavy atom. The molecule has 0 spiro atoms. The van der Waals surface area contributed by atoms with E-state index in [1.54, 1.807) is 6.08 Å². The predicted octanol–water partition coefficient (Wildman–Crippen LogP) is 6.18. The molecular formula is C20H36O2. The molecule has 0 atom stereocenters. The molecule has 0 saturated heterocycles. The summed E-state index contributed by atoms with van der Waals surface area (Å²) in [5.41, 5.74) is 3.78. The van der Waals surface area contributed by atoms with E-state index in [0.29, 0.717) is 0 Å². The van der Waals surface area contributed by atoms with Crippen molar-refractivity contribution in [3.05, 3.63) is 47.5 Å². The lowest BCUT2D eigenvalue weighted by Crippen LogP contribution is -2.21. The van der Waals surface area contributed by atoms with Crippen molar-refractivity contribution >= 4 is 5.97 Å². The number of carbonyl (C=O) groups is 1. The van der Waals surface area contributed by atoms with Crippen molar-refractivity contribution in [2.24, 2.45) is 0 Å². The van der Waals surface area contributed by atoms with Gasteiger partial charge in [0.05, 0.1) is 0 Å². The van der Waals surface area contributed by atoms with E-state index in [-0.39, 0.29) is 11.6 Å². The van der Waals surface area contributed by atoms with Crippen LogP contribution in [0.4, 0.5) is 0 Å². The highest BCUT2D eigenvalue weighted by Gasteiger charge is 2.11. The average molecular weight is 309 g/mol. The molecule has 128 valence electrons. The van der Waals surface area contributed by atoms with Crippen molar-refractivity contribution in [2.75, 3.05) is 0 Å². The molecule has 22 heavy (non-hydrogen) atoms. The van der Waals surface area contributed by atoms with Crippen LogP contribution in [0.1, 0.15) is 65.2 Å². The normalized spacial score (nSPS) is 8.82. The quantitative estimate of drug-likeness (QED) is 0.422. The summed E-state index contributed by atoms with van der Waals surface area (Å²) in [6.45, 7) is 22.6. The highest BCUT2D eigenvalue weighted by molar-refractivity contribution is 5.66. The highest BCUT2D eigenvalue weighted by Crippen LogP contribution is 2.07. The molecule has 0 bridgehead atoms. The van der Waals surface area contributed by atoms with Gasteiger partial charge in [0, 0.05) is 6.92 Å². The average Bonchev–Trinajstić information content (AvgIpc) is 2.35. The maximum absolute atomic E-state index is 10.2. The van der Waals surface area contributed by atoms with Gasteiger partial charge in [0.2, 0.25) is 0 Å². The molecule has 0 amide bonds. The monoisotopic (exact) mass is 308 g/mol. The van der Waals surface area contributed by atoms with Crippen molar-refractivity contribution in [3.63, 3.8) is 0 Å². The van der Waals surface area contributed by atoms with E-state index in [9.17, 15) is 4.79 Å². The van der Waals surface area contributed by atoms with Crippen LogP contribution in [0.3, 0.4) is 0 Å². The van der Waals surface area contributed by atoms with Crippen molar-refractivity contribution in [3.8, 4) is 0 Å². The number of benzene rings is 1. The molecule has 1 rings (SSSR count). The standard InChI is InChI=1S/C9H12.C6H12O2.C3H6.C2H6/c1-7-4-5-8(2)9(3)6-7;1-5(7)8-6(2,3)4;1-3-2;1-2/h4-6H,1-3H3;1-4H3;3H,1H2,2H3;1-2H3. The van der Waals surface area contributed by atoms with Gasteiger partial charge in [-0.1, -0.05) is 43.7 Å². The molecule has 0 aliphatic heterocycles. The van der Waals surface area contributed by atoms with E-state index in [1.807, 2.05) is 41.5 Å². The van der Waals surface area contributed by atoms with Crippen LogP contribution in [0.5, 0.6) is 0 Å². The van der Waals surface area contributed by atoms with Gasteiger partial charge in [-0.15, -0.1) is 6.58 Å². The summed E-state index contributed by atoms with van der Waals surface area (Å²) < 4.78 is 4.80. The number of carbonyl (C=O) groups excluding carboxylic acids is 1. The summed E-state index contributed by atoms with van der Waals surface area (Å²) in [4.78, 5) is 10.2. The van der Waals surface area contributed by atoms with E-state index >= 15 is 0 Å². The minimum absolute atomic E-state index is 0.225. The van der Waals surface area contributed by atoms with E-state index < -0.39 is 0 Å². The molecule has 0 unspecified atom stereocenters. The van der Waals surface area contributed by atoms with Gasteiger partial charge in [-0.25, -0.2) is 0 Å². The van der Waals surface area contributed by atoms with Crippen molar-refractivity contribution in [1.82, 2.24) is 0 Å².